The minimum atomic E-state index is -4.24. The van der Waals surface area contributed by atoms with Crippen molar-refractivity contribution in [2.45, 2.75) is 44.7 Å². The second-order valence-electron chi connectivity index (χ2n) is 11.5. The Morgan fingerprint density at radius 1 is 0.870 bits per heavy atom. The van der Waals surface area contributed by atoms with Gasteiger partial charge < -0.3 is 15.0 Å². The number of halogens is 1. The Hall–Kier alpha value is -4.15. The van der Waals surface area contributed by atoms with Crippen molar-refractivity contribution in [3.8, 4) is 5.75 Å². The monoisotopic (exact) mass is 705 g/mol. The van der Waals surface area contributed by atoms with Crippen LogP contribution in [0.4, 0.5) is 5.69 Å². The first-order valence-electron chi connectivity index (χ1n) is 15.1. The fourth-order valence-corrected chi connectivity index (χ4v) is 6.92. The summed E-state index contributed by atoms with van der Waals surface area (Å²) in [6.45, 7) is 5.78. The number of sulfonamides is 1. The van der Waals surface area contributed by atoms with Crippen LogP contribution in [0.3, 0.4) is 0 Å². The summed E-state index contributed by atoms with van der Waals surface area (Å²) in [6.07, 6.45) is 0.240. The van der Waals surface area contributed by atoms with Crippen LogP contribution in [0, 0.1) is 12.8 Å². The van der Waals surface area contributed by atoms with Crippen LogP contribution >= 0.6 is 15.9 Å². The van der Waals surface area contributed by atoms with Crippen LogP contribution in [0.1, 0.15) is 30.5 Å². The SMILES string of the molecule is COc1ccc(C)cc1N(CC(=O)N(Cc1cccc(Br)c1)[C@H](Cc1ccccc1)C(=O)NCC(C)C)S(=O)(=O)c1ccccc1. The number of aryl methyl sites for hydroxylation is 1. The third kappa shape index (κ3) is 8.98. The van der Waals surface area contributed by atoms with Crippen LogP contribution in [0.15, 0.2) is 112 Å². The molecule has 0 saturated carbocycles. The highest BCUT2D eigenvalue weighted by Crippen LogP contribution is 2.34. The van der Waals surface area contributed by atoms with Gasteiger partial charge in [0.1, 0.15) is 18.3 Å². The van der Waals surface area contributed by atoms with E-state index in [-0.39, 0.29) is 35.4 Å². The normalized spacial score (nSPS) is 12.0. The average Bonchev–Trinajstić information content (AvgIpc) is 3.04. The summed E-state index contributed by atoms with van der Waals surface area (Å²) in [5.41, 5.74) is 2.67. The minimum absolute atomic E-state index is 0.0282. The lowest BCUT2D eigenvalue weighted by molar-refractivity contribution is -0.140. The van der Waals surface area contributed by atoms with Gasteiger partial charge in [-0.1, -0.05) is 96.5 Å². The summed E-state index contributed by atoms with van der Waals surface area (Å²) in [6, 6.07) is 29.2. The van der Waals surface area contributed by atoms with Gasteiger partial charge in [-0.05, 0) is 65.9 Å². The van der Waals surface area contributed by atoms with Gasteiger partial charge in [0.2, 0.25) is 11.8 Å². The lowest BCUT2D eigenvalue weighted by Crippen LogP contribution is -2.53. The number of ether oxygens (including phenoxy) is 1. The number of methoxy groups -OCH3 is 1. The molecule has 10 heteroatoms. The van der Waals surface area contributed by atoms with Crippen molar-refractivity contribution >= 4 is 43.5 Å². The molecule has 0 unspecified atom stereocenters. The van der Waals surface area contributed by atoms with Crippen molar-refractivity contribution in [3.63, 3.8) is 0 Å². The Balaban J connectivity index is 1.84. The maximum atomic E-state index is 14.6. The zero-order valence-electron chi connectivity index (χ0n) is 26.5. The highest BCUT2D eigenvalue weighted by Gasteiger charge is 2.35. The fraction of sp³-hybridized carbons (Fsp3) is 0.278. The number of benzene rings is 4. The van der Waals surface area contributed by atoms with Gasteiger partial charge in [0.25, 0.3) is 10.0 Å². The van der Waals surface area contributed by atoms with Gasteiger partial charge in [-0.2, -0.15) is 0 Å². The molecule has 0 aliphatic rings. The highest BCUT2D eigenvalue weighted by atomic mass is 79.9. The van der Waals surface area contributed by atoms with Crippen molar-refractivity contribution in [1.29, 1.82) is 0 Å². The largest absolute Gasteiger partial charge is 0.495 e. The molecule has 0 spiro atoms. The lowest BCUT2D eigenvalue weighted by Gasteiger charge is -2.34. The van der Waals surface area contributed by atoms with Gasteiger partial charge in [0, 0.05) is 24.0 Å². The summed E-state index contributed by atoms with van der Waals surface area (Å²) < 4.78 is 36.0. The maximum Gasteiger partial charge on any atom is 0.264 e. The Bertz CT molecular complexity index is 1730. The lowest BCUT2D eigenvalue weighted by atomic mass is 10.0. The van der Waals surface area contributed by atoms with E-state index in [9.17, 15) is 18.0 Å². The fourth-order valence-electron chi connectivity index (χ4n) is 5.04. The molecule has 0 saturated heterocycles. The van der Waals surface area contributed by atoms with Gasteiger partial charge in [-0.3, -0.25) is 13.9 Å². The first-order chi connectivity index (χ1) is 22.0. The molecule has 0 radical (unpaired) electrons. The molecule has 242 valence electrons. The van der Waals surface area contributed by atoms with Crippen LogP contribution in [-0.4, -0.2) is 51.4 Å². The Labute approximate surface area is 280 Å². The molecular weight excluding hydrogens is 666 g/mol. The molecule has 0 aromatic heterocycles. The molecule has 1 N–H and O–H groups in total. The van der Waals surface area contributed by atoms with Crippen LogP contribution < -0.4 is 14.4 Å². The third-order valence-electron chi connectivity index (χ3n) is 7.41. The summed E-state index contributed by atoms with van der Waals surface area (Å²) in [5.74, 6) is -0.363. The van der Waals surface area contributed by atoms with Crippen LogP contribution in [0.25, 0.3) is 0 Å². The van der Waals surface area contributed by atoms with Gasteiger partial charge >= 0.3 is 0 Å². The average molecular weight is 707 g/mol. The molecule has 8 nitrogen and oxygen atoms in total. The van der Waals surface area contributed by atoms with E-state index in [1.165, 1.54) is 24.1 Å². The predicted molar refractivity (Wildman–Crippen MR) is 185 cm³/mol. The molecule has 4 rings (SSSR count). The summed E-state index contributed by atoms with van der Waals surface area (Å²) >= 11 is 3.51. The van der Waals surface area contributed by atoms with E-state index in [1.54, 1.807) is 30.3 Å². The minimum Gasteiger partial charge on any atom is -0.495 e. The van der Waals surface area contributed by atoms with Gasteiger partial charge in [-0.25, -0.2) is 8.42 Å². The quantitative estimate of drug-likeness (QED) is 0.164. The van der Waals surface area contributed by atoms with Crippen molar-refractivity contribution in [2.75, 3.05) is 24.5 Å². The first-order valence-corrected chi connectivity index (χ1v) is 17.3. The van der Waals surface area contributed by atoms with Crippen LogP contribution in [0.2, 0.25) is 0 Å². The molecule has 46 heavy (non-hydrogen) atoms. The molecule has 0 heterocycles. The van der Waals surface area contributed by atoms with Gasteiger partial charge in [-0.15, -0.1) is 0 Å². The predicted octanol–water partition coefficient (Wildman–Crippen LogP) is 6.37. The zero-order chi connectivity index (χ0) is 33.3. The third-order valence-corrected chi connectivity index (χ3v) is 9.68. The second kappa shape index (κ2) is 15.9. The Kier molecular flexibility index (Phi) is 12.0. The van der Waals surface area contributed by atoms with E-state index in [0.29, 0.717) is 12.3 Å². The Morgan fingerprint density at radius 3 is 2.15 bits per heavy atom. The van der Waals surface area contributed by atoms with Crippen molar-refractivity contribution in [3.05, 3.63) is 124 Å². The van der Waals surface area contributed by atoms with Crippen molar-refractivity contribution < 1.29 is 22.7 Å². The van der Waals surface area contributed by atoms with Crippen LogP contribution in [-0.2, 0) is 32.6 Å². The summed E-state index contributed by atoms with van der Waals surface area (Å²) in [7, 11) is -2.78. The second-order valence-corrected chi connectivity index (χ2v) is 14.3. The van der Waals surface area contributed by atoms with E-state index in [0.717, 1.165) is 25.5 Å². The molecule has 0 bridgehead atoms. The molecule has 4 aromatic rings. The van der Waals surface area contributed by atoms with Crippen molar-refractivity contribution in [2.24, 2.45) is 5.92 Å². The number of carbonyl (C=O) groups is 2. The molecule has 4 aromatic carbocycles. The zero-order valence-corrected chi connectivity index (χ0v) is 28.9. The Morgan fingerprint density at radius 2 is 1.52 bits per heavy atom. The molecule has 0 aliphatic heterocycles. The molecule has 0 aliphatic carbocycles. The summed E-state index contributed by atoms with van der Waals surface area (Å²) in [5, 5.41) is 3.01. The van der Waals surface area contributed by atoms with Gasteiger partial charge in [0.15, 0.2) is 0 Å². The molecule has 1 atom stereocenters. The smallest absolute Gasteiger partial charge is 0.264 e. The highest BCUT2D eigenvalue weighted by molar-refractivity contribution is 9.10. The van der Waals surface area contributed by atoms with Crippen LogP contribution in [0.5, 0.6) is 5.75 Å². The number of rotatable bonds is 14. The first kappa shape index (κ1) is 34.7. The standard InChI is InChI=1S/C36H40BrN3O5S/c1-26(2)23-38-36(42)33(22-28-12-7-5-8-13-28)39(24-29-14-11-15-30(37)21-29)35(41)25-40(32-20-27(3)18-19-34(32)45-4)46(43,44)31-16-9-6-10-17-31/h5-21,26,33H,22-25H2,1-4H3,(H,38,42)/t33-/m1/s1. The van der Waals surface area contributed by atoms with E-state index in [1.807, 2.05) is 81.4 Å². The number of hydrogen-bond acceptors (Lipinski definition) is 5. The van der Waals surface area contributed by atoms with E-state index >= 15 is 0 Å². The molecule has 0 fully saturated rings. The maximum absolute atomic E-state index is 14.6. The summed E-state index contributed by atoms with van der Waals surface area (Å²) in [4.78, 5) is 30.1. The molecule has 2 amide bonds. The topological polar surface area (TPSA) is 96.0 Å². The molecular formula is C36H40BrN3O5S. The van der Waals surface area contributed by atoms with E-state index in [2.05, 4.69) is 21.2 Å². The number of amides is 2. The number of anilines is 1. The number of carbonyl (C=O) groups excluding carboxylic acids is 2. The number of nitrogens with one attached hydrogen (secondary N) is 1. The van der Waals surface area contributed by atoms with E-state index < -0.39 is 28.5 Å². The van der Waals surface area contributed by atoms with Gasteiger partial charge in [0.05, 0.1) is 17.7 Å². The van der Waals surface area contributed by atoms with Crippen molar-refractivity contribution in [1.82, 2.24) is 10.2 Å². The number of hydrogen-bond donors (Lipinski definition) is 1. The van der Waals surface area contributed by atoms with E-state index in [4.69, 9.17) is 4.74 Å². The number of nitrogens with zero attached hydrogens (tertiary/aromatic N) is 2.